The summed E-state index contributed by atoms with van der Waals surface area (Å²) in [5.74, 6) is 0.965. The number of allylic oxidation sites excluding steroid dienone is 1. The van der Waals surface area contributed by atoms with Crippen LogP contribution in [-0.4, -0.2) is 39.5 Å². The van der Waals surface area contributed by atoms with Gasteiger partial charge in [-0.05, 0) is 25.3 Å². The van der Waals surface area contributed by atoms with Crippen LogP contribution >= 0.6 is 23.1 Å². The molecule has 0 atom stereocenters. The minimum atomic E-state index is -0.448. The van der Waals surface area contributed by atoms with Gasteiger partial charge in [0.1, 0.15) is 10.8 Å². The Kier molecular flexibility index (Phi) is 7.49. The summed E-state index contributed by atoms with van der Waals surface area (Å²) in [5, 5.41) is 12.8. The number of esters is 1. The van der Waals surface area contributed by atoms with Crippen molar-refractivity contribution in [1.82, 2.24) is 14.8 Å². The number of ether oxygens (including phenoxy) is 1. The van der Waals surface area contributed by atoms with Crippen molar-refractivity contribution in [3.63, 3.8) is 0 Å². The number of carbonyl (C=O) groups excluding carboxylic acids is 2. The zero-order valence-electron chi connectivity index (χ0n) is 16.8. The van der Waals surface area contributed by atoms with Crippen LogP contribution < -0.4 is 5.32 Å². The molecule has 0 unspecified atom stereocenters. The lowest BCUT2D eigenvalue weighted by atomic mass is 10.1. The minimum absolute atomic E-state index is 0.180. The van der Waals surface area contributed by atoms with Crippen molar-refractivity contribution in [2.24, 2.45) is 0 Å². The highest BCUT2D eigenvalue weighted by Crippen LogP contribution is 2.35. The molecule has 0 aliphatic heterocycles. The predicted molar refractivity (Wildman–Crippen MR) is 116 cm³/mol. The average molecular weight is 435 g/mol. The molecule has 9 heteroatoms. The van der Waals surface area contributed by atoms with E-state index in [1.165, 1.54) is 43.1 Å². The molecule has 156 valence electrons. The number of aryl methyl sites for hydroxylation is 1. The van der Waals surface area contributed by atoms with E-state index >= 15 is 0 Å². The molecule has 1 saturated carbocycles. The first-order valence-corrected chi connectivity index (χ1v) is 11.5. The van der Waals surface area contributed by atoms with Gasteiger partial charge in [-0.2, -0.15) is 0 Å². The quantitative estimate of drug-likeness (QED) is 0.360. The lowest BCUT2D eigenvalue weighted by Crippen LogP contribution is -2.16. The predicted octanol–water partition coefficient (Wildman–Crippen LogP) is 4.26. The maximum Gasteiger partial charge on any atom is 0.340 e. The molecular formula is C20H26N4O3S2. The van der Waals surface area contributed by atoms with Crippen molar-refractivity contribution >= 4 is 40.0 Å². The normalized spacial score (nSPS) is 14.1. The number of amides is 1. The van der Waals surface area contributed by atoms with Gasteiger partial charge < -0.3 is 14.6 Å². The molecule has 2 heterocycles. The molecule has 7 nitrogen and oxygen atoms in total. The van der Waals surface area contributed by atoms with Crippen molar-refractivity contribution < 1.29 is 14.3 Å². The van der Waals surface area contributed by atoms with Crippen LogP contribution in [-0.2, 0) is 22.5 Å². The molecule has 1 N–H and O–H groups in total. The Hall–Kier alpha value is -2.13. The summed E-state index contributed by atoms with van der Waals surface area (Å²) >= 11 is 2.74. The number of nitrogens with zero attached hydrogens (tertiary/aromatic N) is 3. The first-order chi connectivity index (χ1) is 14.1. The first-order valence-electron chi connectivity index (χ1n) is 9.75. The molecule has 0 bridgehead atoms. The van der Waals surface area contributed by atoms with Crippen molar-refractivity contribution in [1.29, 1.82) is 0 Å². The van der Waals surface area contributed by atoms with E-state index in [0.29, 0.717) is 23.0 Å². The number of aromatic nitrogens is 3. The van der Waals surface area contributed by atoms with Gasteiger partial charge in [0.05, 0.1) is 18.4 Å². The Morgan fingerprint density at radius 1 is 1.41 bits per heavy atom. The smallest absolute Gasteiger partial charge is 0.340 e. The van der Waals surface area contributed by atoms with Gasteiger partial charge in [-0.25, -0.2) is 4.79 Å². The Morgan fingerprint density at radius 2 is 2.17 bits per heavy atom. The van der Waals surface area contributed by atoms with Gasteiger partial charge in [-0.3, -0.25) is 4.79 Å². The Balaban J connectivity index is 1.67. The number of hydrogen-bond acceptors (Lipinski definition) is 7. The van der Waals surface area contributed by atoms with Crippen LogP contribution in [0.3, 0.4) is 0 Å². The molecule has 1 amide bonds. The molecule has 1 fully saturated rings. The fraction of sp³-hybridized carbons (Fsp3) is 0.500. The third kappa shape index (κ3) is 5.08. The van der Waals surface area contributed by atoms with E-state index in [0.717, 1.165) is 35.1 Å². The van der Waals surface area contributed by atoms with Crippen LogP contribution in [0.5, 0.6) is 0 Å². The van der Waals surface area contributed by atoms with Crippen molar-refractivity contribution in [3.8, 4) is 0 Å². The van der Waals surface area contributed by atoms with E-state index in [1.54, 1.807) is 6.07 Å². The lowest BCUT2D eigenvalue weighted by molar-refractivity contribution is -0.113. The SMILES string of the molecule is C=CCn1c(SCC(=O)Nc2sc(CC)cc2C(=O)OC)nnc1C1CCCC1. The van der Waals surface area contributed by atoms with E-state index < -0.39 is 5.97 Å². The molecule has 2 aromatic rings. The van der Waals surface area contributed by atoms with E-state index in [1.807, 2.05) is 13.0 Å². The van der Waals surface area contributed by atoms with Crippen LogP contribution in [0.2, 0.25) is 0 Å². The van der Waals surface area contributed by atoms with Crippen LogP contribution in [0.15, 0.2) is 23.9 Å². The zero-order chi connectivity index (χ0) is 20.8. The highest BCUT2D eigenvalue weighted by atomic mass is 32.2. The standard InChI is InChI=1S/C20H26N4O3S2/c1-4-10-24-17(13-8-6-7-9-13)22-23-20(24)28-12-16(25)21-18-15(19(26)27-3)11-14(5-2)29-18/h4,11,13H,1,5-10,12H2,2-3H3,(H,21,25). The molecule has 0 spiro atoms. The minimum Gasteiger partial charge on any atom is -0.465 e. The topological polar surface area (TPSA) is 86.1 Å². The van der Waals surface area contributed by atoms with Crippen LogP contribution in [0.25, 0.3) is 0 Å². The van der Waals surface area contributed by atoms with E-state index in [9.17, 15) is 9.59 Å². The molecule has 2 aromatic heterocycles. The number of methoxy groups -OCH3 is 1. The number of thioether (sulfide) groups is 1. The summed E-state index contributed by atoms with van der Waals surface area (Å²) in [6.45, 7) is 6.46. The van der Waals surface area contributed by atoms with Gasteiger partial charge in [0, 0.05) is 17.3 Å². The Labute approximate surface area is 178 Å². The molecule has 0 radical (unpaired) electrons. The van der Waals surface area contributed by atoms with Crippen molar-refractivity contribution in [2.75, 3.05) is 18.2 Å². The summed E-state index contributed by atoms with van der Waals surface area (Å²) in [6, 6.07) is 1.77. The summed E-state index contributed by atoms with van der Waals surface area (Å²) in [6.07, 6.45) is 7.32. The number of anilines is 1. The summed E-state index contributed by atoms with van der Waals surface area (Å²) in [7, 11) is 1.33. The number of hydrogen-bond donors (Lipinski definition) is 1. The second-order valence-corrected chi connectivity index (χ2v) is 8.94. The second kappa shape index (κ2) is 10.1. The Morgan fingerprint density at radius 3 is 2.83 bits per heavy atom. The molecule has 0 aromatic carbocycles. The second-order valence-electron chi connectivity index (χ2n) is 6.86. The van der Waals surface area contributed by atoms with E-state index in [2.05, 4.69) is 26.7 Å². The molecule has 1 aliphatic carbocycles. The van der Waals surface area contributed by atoms with Crippen LogP contribution in [0.4, 0.5) is 5.00 Å². The van der Waals surface area contributed by atoms with Gasteiger partial charge in [0.25, 0.3) is 0 Å². The van der Waals surface area contributed by atoms with Crippen LogP contribution in [0, 0.1) is 0 Å². The fourth-order valence-electron chi connectivity index (χ4n) is 3.46. The maximum absolute atomic E-state index is 12.5. The largest absolute Gasteiger partial charge is 0.465 e. The number of rotatable bonds is 9. The monoisotopic (exact) mass is 434 g/mol. The van der Waals surface area contributed by atoms with E-state index in [-0.39, 0.29) is 11.7 Å². The third-order valence-corrected chi connectivity index (χ3v) is 7.06. The maximum atomic E-state index is 12.5. The Bertz CT molecular complexity index is 884. The van der Waals surface area contributed by atoms with Gasteiger partial charge in [0.2, 0.25) is 5.91 Å². The summed E-state index contributed by atoms with van der Waals surface area (Å²) < 4.78 is 6.88. The molecule has 0 saturated heterocycles. The highest BCUT2D eigenvalue weighted by molar-refractivity contribution is 7.99. The van der Waals surface area contributed by atoms with Gasteiger partial charge in [-0.15, -0.1) is 28.1 Å². The molecule has 3 rings (SSSR count). The first kappa shape index (κ1) is 21.6. The summed E-state index contributed by atoms with van der Waals surface area (Å²) in [5.41, 5.74) is 0.394. The van der Waals surface area contributed by atoms with E-state index in [4.69, 9.17) is 4.74 Å². The number of carbonyl (C=O) groups is 2. The van der Waals surface area contributed by atoms with Gasteiger partial charge in [0.15, 0.2) is 5.16 Å². The number of thiophene rings is 1. The molecule has 1 aliphatic rings. The average Bonchev–Trinajstić information content (AvgIpc) is 3.46. The zero-order valence-corrected chi connectivity index (χ0v) is 18.4. The molecule has 29 heavy (non-hydrogen) atoms. The van der Waals surface area contributed by atoms with Crippen molar-refractivity contribution in [2.45, 2.75) is 56.6 Å². The summed E-state index contributed by atoms with van der Waals surface area (Å²) in [4.78, 5) is 25.5. The highest BCUT2D eigenvalue weighted by Gasteiger charge is 2.25. The third-order valence-electron chi connectivity index (χ3n) is 4.90. The van der Waals surface area contributed by atoms with Crippen LogP contribution in [0.1, 0.15) is 59.6 Å². The lowest BCUT2D eigenvalue weighted by Gasteiger charge is -2.12. The number of nitrogens with one attached hydrogen (secondary N) is 1. The van der Waals surface area contributed by atoms with Gasteiger partial charge >= 0.3 is 5.97 Å². The molecular weight excluding hydrogens is 408 g/mol. The fourth-order valence-corrected chi connectivity index (χ4v) is 5.21. The van der Waals surface area contributed by atoms with Crippen molar-refractivity contribution in [3.05, 3.63) is 35.0 Å². The van der Waals surface area contributed by atoms with Gasteiger partial charge in [-0.1, -0.05) is 37.6 Å².